The van der Waals surface area contributed by atoms with E-state index in [0.29, 0.717) is 19.5 Å². The van der Waals surface area contributed by atoms with E-state index in [-0.39, 0.29) is 17.9 Å². The van der Waals surface area contributed by atoms with Crippen LogP contribution in [0.5, 0.6) is 5.75 Å². The summed E-state index contributed by atoms with van der Waals surface area (Å²) < 4.78 is 5.25. The van der Waals surface area contributed by atoms with Gasteiger partial charge in [0.15, 0.2) is 0 Å². The molecule has 2 aromatic rings. The molecule has 6 nitrogen and oxygen atoms in total. The van der Waals surface area contributed by atoms with Crippen molar-refractivity contribution >= 4 is 17.5 Å². The molecule has 1 fully saturated rings. The highest BCUT2D eigenvalue weighted by molar-refractivity contribution is 5.80. The van der Waals surface area contributed by atoms with Crippen LogP contribution in [-0.2, 0) is 16.0 Å². The number of fused-ring (bicyclic) bond motifs is 1. The Morgan fingerprint density at radius 1 is 0.968 bits per heavy atom. The van der Waals surface area contributed by atoms with Crippen molar-refractivity contribution in [2.75, 3.05) is 44.7 Å². The maximum atomic E-state index is 13.3. The van der Waals surface area contributed by atoms with E-state index in [0.717, 1.165) is 49.5 Å². The number of carbonyl (C=O) groups excluding carboxylic acids is 2. The maximum absolute atomic E-state index is 13.3. The summed E-state index contributed by atoms with van der Waals surface area (Å²) in [5.74, 6) is 1.01. The molecular weight excluding hydrogens is 390 g/mol. The SMILES string of the molecule is COc1ccc(N2CCCN(C(=O)CC3c4ccccc4CCN3C(C)=O)CC2)cc1. The molecule has 2 aromatic carbocycles. The average molecular weight is 422 g/mol. The first-order valence-corrected chi connectivity index (χ1v) is 11.1. The lowest BCUT2D eigenvalue weighted by Crippen LogP contribution is -2.42. The Balaban J connectivity index is 1.44. The third-order valence-corrected chi connectivity index (χ3v) is 6.47. The van der Waals surface area contributed by atoms with Crippen LogP contribution in [0.4, 0.5) is 5.69 Å². The van der Waals surface area contributed by atoms with Gasteiger partial charge in [-0.25, -0.2) is 0 Å². The van der Waals surface area contributed by atoms with Crippen LogP contribution in [0.25, 0.3) is 0 Å². The second kappa shape index (κ2) is 9.41. The number of anilines is 1. The number of amides is 2. The Labute approximate surface area is 184 Å². The minimum absolute atomic E-state index is 0.0360. The lowest BCUT2D eigenvalue weighted by Gasteiger charge is -2.37. The van der Waals surface area contributed by atoms with E-state index in [4.69, 9.17) is 4.74 Å². The number of nitrogens with zero attached hydrogens (tertiary/aromatic N) is 3. The number of benzene rings is 2. The van der Waals surface area contributed by atoms with Gasteiger partial charge in [0.1, 0.15) is 5.75 Å². The summed E-state index contributed by atoms with van der Waals surface area (Å²) >= 11 is 0. The number of methoxy groups -OCH3 is 1. The lowest BCUT2D eigenvalue weighted by atomic mass is 9.90. The van der Waals surface area contributed by atoms with Crippen LogP contribution >= 0.6 is 0 Å². The van der Waals surface area contributed by atoms with E-state index < -0.39 is 0 Å². The fourth-order valence-electron chi connectivity index (χ4n) is 4.76. The van der Waals surface area contributed by atoms with Gasteiger partial charge in [-0.1, -0.05) is 24.3 Å². The maximum Gasteiger partial charge on any atom is 0.225 e. The predicted molar refractivity (Wildman–Crippen MR) is 121 cm³/mol. The second-order valence-corrected chi connectivity index (χ2v) is 8.30. The van der Waals surface area contributed by atoms with Crippen molar-refractivity contribution in [3.05, 3.63) is 59.7 Å². The zero-order chi connectivity index (χ0) is 21.8. The second-order valence-electron chi connectivity index (χ2n) is 8.30. The number of carbonyl (C=O) groups is 2. The van der Waals surface area contributed by atoms with E-state index in [9.17, 15) is 9.59 Å². The third-order valence-electron chi connectivity index (χ3n) is 6.47. The smallest absolute Gasteiger partial charge is 0.225 e. The van der Waals surface area contributed by atoms with Gasteiger partial charge in [-0.15, -0.1) is 0 Å². The van der Waals surface area contributed by atoms with Gasteiger partial charge >= 0.3 is 0 Å². The summed E-state index contributed by atoms with van der Waals surface area (Å²) in [5, 5.41) is 0. The van der Waals surface area contributed by atoms with Gasteiger partial charge in [-0.3, -0.25) is 9.59 Å². The number of hydrogen-bond donors (Lipinski definition) is 0. The van der Waals surface area contributed by atoms with Crippen LogP contribution in [0.1, 0.15) is 36.9 Å². The summed E-state index contributed by atoms with van der Waals surface area (Å²) in [4.78, 5) is 31.7. The van der Waals surface area contributed by atoms with E-state index in [2.05, 4.69) is 29.2 Å². The van der Waals surface area contributed by atoms with Crippen molar-refractivity contribution in [2.24, 2.45) is 0 Å². The molecule has 6 heteroatoms. The number of ether oxygens (including phenoxy) is 1. The fraction of sp³-hybridized carbons (Fsp3) is 0.440. The average Bonchev–Trinajstić information content (AvgIpc) is 3.05. The van der Waals surface area contributed by atoms with Crippen molar-refractivity contribution in [1.29, 1.82) is 0 Å². The van der Waals surface area contributed by atoms with Gasteiger partial charge in [0, 0.05) is 45.3 Å². The van der Waals surface area contributed by atoms with Crippen LogP contribution in [0.3, 0.4) is 0 Å². The van der Waals surface area contributed by atoms with Gasteiger partial charge in [-0.05, 0) is 48.2 Å². The van der Waals surface area contributed by atoms with E-state index >= 15 is 0 Å². The van der Waals surface area contributed by atoms with Crippen molar-refractivity contribution in [3.8, 4) is 5.75 Å². The molecule has 2 aliphatic rings. The topological polar surface area (TPSA) is 53.1 Å². The Hall–Kier alpha value is -3.02. The first-order valence-electron chi connectivity index (χ1n) is 11.1. The molecule has 1 saturated heterocycles. The number of rotatable bonds is 4. The van der Waals surface area contributed by atoms with Crippen LogP contribution in [0.2, 0.25) is 0 Å². The highest BCUT2D eigenvalue weighted by atomic mass is 16.5. The molecule has 0 N–H and O–H groups in total. The monoisotopic (exact) mass is 421 g/mol. The molecule has 1 unspecified atom stereocenters. The Kier molecular flexibility index (Phi) is 6.44. The summed E-state index contributed by atoms with van der Waals surface area (Å²) in [6.07, 6.45) is 2.12. The standard InChI is InChI=1S/C25H31N3O3/c1-19(29)28-15-12-20-6-3-4-7-23(20)24(28)18-25(30)27-14-5-13-26(16-17-27)21-8-10-22(31-2)11-9-21/h3-4,6-11,24H,5,12-18H2,1-2H3. The highest BCUT2D eigenvalue weighted by Gasteiger charge is 2.32. The molecule has 2 aliphatic heterocycles. The van der Waals surface area contributed by atoms with Crippen molar-refractivity contribution in [1.82, 2.24) is 9.80 Å². The summed E-state index contributed by atoms with van der Waals surface area (Å²) in [7, 11) is 1.67. The molecule has 0 radical (unpaired) electrons. The molecule has 2 amide bonds. The minimum atomic E-state index is -0.170. The van der Waals surface area contributed by atoms with Gasteiger partial charge in [-0.2, -0.15) is 0 Å². The quantitative estimate of drug-likeness (QED) is 0.760. The summed E-state index contributed by atoms with van der Waals surface area (Å²) in [6, 6.07) is 16.1. The van der Waals surface area contributed by atoms with Crippen LogP contribution in [0.15, 0.2) is 48.5 Å². The van der Waals surface area contributed by atoms with Crippen LogP contribution in [-0.4, -0.2) is 61.4 Å². The third kappa shape index (κ3) is 4.68. The molecular formula is C25H31N3O3. The molecule has 0 aromatic heterocycles. The van der Waals surface area contributed by atoms with Crippen molar-refractivity contribution in [3.63, 3.8) is 0 Å². The molecule has 0 bridgehead atoms. The first-order chi connectivity index (χ1) is 15.1. The van der Waals surface area contributed by atoms with E-state index in [1.54, 1.807) is 14.0 Å². The normalized spacial score (nSPS) is 18.9. The number of hydrogen-bond acceptors (Lipinski definition) is 4. The summed E-state index contributed by atoms with van der Waals surface area (Å²) in [5.41, 5.74) is 3.52. The van der Waals surface area contributed by atoms with Gasteiger partial charge in [0.05, 0.1) is 19.6 Å². The highest BCUT2D eigenvalue weighted by Crippen LogP contribution is 2.33. The summed E-state index contributed by atoms with van der Waals surface area (Å²) in [6.45, 7) is 5.44. The fourth-order valence-corrected chi connectivity index (χ4v) is 4.76. The first kappa shape index (κ1) is 21.2. The molecule has 0 saturated carbocycles. The van der Waals surface area contributed by atoms with Gasteiger partial charge < -0.3 is 19.4 Å². The Bertz CT molecular complexity index is 928. The van der Waals surface area contributed by atoms with Gasteiger partial charge in [0.2, 0.25) is 11.8 Å². The molecule has 0 spiro atoms. The van der Waals surface area contributed by atoms with Crippen LogP contribution in [0, 0.1) is 0 Å². The molecule has 1 atom stereocenters. The Morgan fingerprint density at radius 3 is 2.48 bits per heavy atom. The van der Waals surface area contributed by atoms with Crippen LogP contribution < -0.4 is 9.64 Å². The Morgan fingerprint density at radius 2 is 1.74 bits per heavy atom. The minimum Gasteiger partial charge on any atom is -0.497 e. The largest absolute Gasteiger partial charge is 0.497 e. The zero-order valence-electron chi connectivity index (χ0n) is 18.4. The molecule has 0 aliphatic carbocycles. The molecule has 31 heavy (non-hydrogen) atoms. The van der Waals surface area contributed by atoms with Crippen molar-refractivity contribution < 1.29 is 14.3 Å². The molecule has 2 heterocycles. The molecule has 164 valence electrons. The van der Waals surface area contributed by atoms with E-state index in [1.165, 1.54) is 5.56 Å². The zero-order valence-corrected chi connectivity index (χ0v) is 18.4. The predicted octanol–water partition coefficient (Wildman–Crippen LogP) is 3.27. The van der Waals surface area contributed by atoms with E-state index in [1.807, 2.05) is 34.1 Å². The lowest BCUT2D eigenvalue weighted by molar-refractivity contribution is -0.136. The van der Waals surface area contributed by atoms with Gasteiger partial charge in [0.25, 0.3) is 0 Å². The molecule has 4 rings (SSSR count). The van der Waals surface area contributed by atoms with Crippen molar-refractivity contribution in [2.45, 2.75) is 32.2 Å².